The first-order valence-corrected chi connectivity index (χ1v) is 9.46. The van der Waals surface area contributed by atoms with Crippen LogP contribution in [0.15, 0.2) is 35.7 Å². The van der Waals surface area contributed by atoms with Gasteiger partial charge < -0.3 is 15.0 Å². The zero-order valence-electron chi connectivity index (χ0n) is 11.9. The number of benzene rings is 1. The standard InChI is InChI=1S/C15H15ClN2OS3/c1-19-12-5-4-10(9-11(12)16)17-15(20)18-6-8-22-14(18)13-3-2-7-21-13/h2-5,7,9,14H,6,8H2,1H3,(H,17,20). The van der Waals surface area contributed by atoms with Crippen LogP contribution in [-0.2, 0) is 0 Å². The molecule has 1 unspecified atom stereocenters. The molecule has 3 rings (SSSR count). The molecule has 7 heteroatoms. The van der Waals surface area contributed by atoms with Gasteiger partial charge in [-0.05, 0) is 41.9 Å². The Hall–Kier alpha value is -0.950. The molecule has 1 aromatic carbocycles. The highest BCUT2D eigenvalue weighted by atomic mass is 35.5. The van der Waals surface area contributed by atoms with E-state index in [1.54, 1.807) is 18.4 Å². The lowest BCUT2D eigenvalue weighted by Crippen LogP contribution is -2.33. The zero-order chi connectivity index (χ0) is 15.5. The van der Waals surface area contributed by atoms with E-state index < -0.39 is 0 Å². The molecule has 2 aromatic rings. The number of nitrogens with zero attached hydrogens (tertiary/aromatic N) is 1. The maximum absolute atomic E-state index is 6.16. The molecule has 0 saturated carbocycles. The van der Waals surface area contributed by atoms with Crippen molar-refractivity contribution in [3.63, 3.8) is 0 Å². The van der Waals surface area contributed by atoms with E-state index in [9.17, 15) is 0 Å². The largest absolute Gasteiger partial charge is 0.495 e. The number of hydrogen-bond donors (Lipinski definition) is 1. The van der Waals surface area contributed by atoms with Gasteiger partial charge in [-0.3, -0.25) is 0 Å². The van der Waals surface area contributed by atoms with Crippen molar-refractivity contribution < 1.29 is 4.74 Å². The number of ether oxygens (including phenoxy) is 1. The molecule has 1 aliphatic rings. The van der Waals surface area contributed by atoms with E-state index in [1.807, 2.05) is 30.0 Å². The van der Waals surface area contributed by atoms with Crippen LogP contribution in [0.2, 0.25) is 5.02 Å². The van der Waals surface area contributed by atoms with Crippen LogP contribution < -0.4 is 10.1 Å². The molecular weight excluding hydrogens is 356 g/mol. The van der Waals surface area contributed by atoms with E-state index in [4.69, 9.17) is 28.6 Å². The summed E-state index contributed by atoms with van der Waals surface area (Å²) in [6, 6.07) is 9.82. The average Bonchev–Trinajstić information content (AvgIpc) is 3.18. The lowest BCUT2D eigenvalue weighted by Gasteiger charge is -2.26. The SMILES string of the molecule is COc1ccc(NC(=S)N2CCSC2c2cccs2)cc1Cl. The molecular formula is C15H15ClN2OS3. The van der Waals surface area contributed by atoms with Crippen LogP contribution in [0.3, 0.4) is 0 Å². The molecule has 1 atom stereocenters. The fourth-order valence-electron chi connectivity index (χ4n) is 2.28. The number of rotatable bonds is 3. The second kappa shape index (κ2) is 7.08. The van der Waals surface area contributed by atoms with Gasteiger partial charge in [-0.2, -0.15) is 0 Å². The predicted octanol–water partition coefficient (Wildman–Crippen LogP) is 4.85. The fourth-order valence-corrected chi connectivity index (χ4v) is 5.17. The molecule has 1 aliphatic heterocycles. The summed E-state index contributed by atoms with van der Waals surface area (Å²) in [5.41, 5.74) is 0.873. The Balaban J connectivity index is 1.72. The molecule has 116 valence electrons. The first-order chi connectivity index (χ1) is 10.7. The Bertz CT molecular complexity index is 663. The summed E-state index contributed by atoms with van der Waals surface area (Å²) in [5.74, 6) is 1.74. The molecule has 0 amide bonds. The molecule has 1 saturated heterocycles. The summed E-state index contributed by atoms with van der Waals surface area (Å²) in [7, 11) is 1.60. The molecule has 0 radical (unpaired) electrons. The second-order valence-electron chi connectivity index (χ2n) is 4.71. The zero-order valence-corrected chi connectivity index (χ0v) is 15.1. The van der Waals surface area contributed by atoms with E-state index in [-0.39, 0.29) is 0 Å². The van der Waals surface area contributed by atoms with Crippen molar-refractivity contribution in [2.24, 2.45) is 0 Å². The number of methoxy groups -OCH3 is 1. The minimum Gasteiger partial charge on any atom is -0.495 e. The van der Waals surface area contributed by atoms with Crippen LogP contribution in [0.4, 0.5) is 5.69 Å². The molecule has 1 aromatic heterocycles. The number of hydrogen-bond acceptors (Lipinski definition) is 4. The number of thioether (sulfide) groups is 1. The summed E-state index contributed by atoms with van der Waals surface area (Å²) in [4.78, 5) is 3.56. The Kier molecular flexibility index (Phi) is 5.13. The highest BCUT2D eigenvalue weighted by Gasteiger charge is 2.29. The first kappa shape index (κ1) is 15.9. The van der Waals surface area contributed by atoms with Crippen molar-refractivity contribution in [3.05, 3.63) is 45.6 Å². The van der Waals surface area contributed by atoms with Gasteiger partial charge in [-0.1, -0.05) is 17.7 Å². The van der Waals surface area contributed by atoms with Gasteiger partial charge in [0.05, 0.1) is 12.1 Å². The Morgan fingerprint density at radius 2 is 2.32 bits per heavy atom. The number of thiophene rings is 1. The van der Waals surface area contributed by atoms with Crippen LogP contribution in [0.5, 0.6) is 5.75 Å². The van der Waals surface area contributed by atoms with Crippen LogP contribution in [0.25, 0.3) is 0 Å². The third kappa shape index (κ3) is 3.35. The lowest BCUT2D eigenvalue weighted by atomic mass is 10.3. The van der Waals surface area contributed by atoms with E-state index in [0.717, 1.165) is 23.1 Å². The van der Waals surface area contributed by atoms with Crippen molar-refractivity contribution in [1.29, 1.82) is 0 Å². The molecule has 1 N–H and O–H groups in total. The molecule has 1 fully saturated rings. The minimum absolute atomic E-state index is 0.300. The average molecular weight is 371 g/mol. The van der Waals surface area contributed by atoms with Crippen LogP contribution in [-0.4, -0.2) is 29.4 Å². The molecule has 3 nitrogen and oxygen atoms in total. The summed E-state index contributed by atoms with van der Waals surface area (Å²) in [6.07, 6.45) is 0. The third-order valence-corrected chi connectivity index (χ3v) is 6.29. The lowest BCUT2D eigenvalue weighted by molar-refractivity contribution is 0.415. The van der Waals surface area contributed by atoms with E-state index in [0.29, 0.717) is 16.1 Å². The predicted molar refractivity (Wildman–Crippen MR) is 100 cm³/mol. The topological polar surface area (TPSA) is 24.5 Å². The molecule has 0 aliphatic carbocycles. The number of nitrogens with one attached hydrogen (secondary N) is 1. The van der Waals surface area contributed by atoms with Gasteiger partial charge in [0.15, 0.2) is 5.11 Å². The van der Waals surface area contributed by atoms with Crippen molar-refractivity contribution in [2.45, 2.75) is 5.37 Å². The third-order valence-electron chi connectivity index (χ3n) is 3.34. The first-order valence-electron chi connectivity index (χ1n) is 6.75. The Labute approximate surface area is 148 Å². The van der Waals surface area contributed by atoms with Crippen molar-refractivity contribution in [1.82, 2.24) is 4.90 Å². The van der Waals surface area contributed by atoms with Gasteiger partial charge in [-0.15, -0.1) is 23.1 Å². The number of halogens is 1. The van der Waals surface area contributed by atoms with Gasteiger partial charge >= 0.3 is 0 Å². The Morgan fingerprint density at radius 1 is 1.45 bits per heavy atom. The van der Waals surface area contributed by atoms with E-state index in [2.05, 4.69) is 27.7 Å². The summed E-state index contributed by atoms with van der Waals surface area (Å²) >= 11 is 15.4. The Morgan fingerprint density at radius 3 is 3.00 bits per heavy atom. The van der Waals surface area contributed by atoms with Crippen molar-refractivity contribution in [2.75, 3.05) is 24.7 Å². The summed E-state index contributed by atoms with van der Waals surface area (Å²) in [5, 5.41) is 6.98. The van der Waals surface area contributed by atoms with E-state index in [1.165, 1.54) is 4.88 Å². The van der Waals surface area contributed by atoms with Crippen LogP contribution in [0.1, 0.15) is 10.3 Å². The summed E-state index contributed by atoms with van der Waals surface area (Å²) in [6.45, 7) is 0.947. The van der Waals surface area contributed by atoms with Gasteiger partial charge in [0.2, 0.25) is 0 Å². The van der Waals surface area contributed by atoms with Gasteiger partial charge in [0.25, 0.3) is 0 Å². The molecule has 2 heterocycles. The van der Waals surface area contributed by atoms with E-state index >= 15 is 0 Å². The summed E-state index contributed by atoms with van der Waals surface area (Å²) < 4.78 is 5.17. The van der Waals surface area contributed by atoms with Crippen LogP contribution in [0, 0.1) is 0 Å². The maximum atomic E-state index is 6.16. The number of anilines is 1. The fraction of sp³-hybridized carbons (Fsp3) is 0.267. The maximum Gasteiger partial charge on any atom is 0.174 e. The minimum atomic E-state index is 0.300. The number of thiocarbonyl (C=S) groups is 1. The van der Waals surface area contributed by atoms with Crippen molar-refractivity contribution in [3.8, 4) is 5.75 Å². The molecule has 0 spiro atoms. The van der Waals surface area contributed by atoms with Gasteiger partial charge in [0, 0.05) is 22.9 Å². The monoisotopic (exact) mass is 370 g/mol. The molecule has 22 heavy (non-hydrogen) atoms. The smallest absolute Gasteiger partial charge is 0.174 e. The highest BCUT2D eigenvalue weighted by molar-refractivity contribution is 7.99. The highest BCUT2D eigenvalue weighted by Crippen LogP contribution is 2.40. The normalized spacial score (nSPS) is 17.5. The quantitative estimate of drug-likeness (QED) is 0.778. The van der Waals surface area contributed by atoms with Gasteiger partial charge in [-0.25, -0.2) is 0 Å². The second-order valence-corrected chi connectivity index (χ2v) is 7.67. The van der Waals surface area contributed by atoms with Crippen LogP contribution >= 0.6 is 46.9 Å². The molecule has 0 bridgehead atoms. The van der Waals surface area contributed by atoms with Crippen molar-refractivity contribution >= 4 is 57.7 Å². The van der Waals surface area contributed by atoms with Gasteiger partial charge in [0.1, 0.15) is 11.1 Å².